The average Bonchev–Trinajstić information content (AvgIpc) is 2.86. The van der Waals surface area contributed by atoms with Gasteiger partial charge in [0.1, 0.15) is 11.9 Å². The first-order chi connectivity index (χ1) is 17.6. The van der Waals surface area contributed by atoms with E-state index in [1.165, 1.54) is 23.1 Å². The summed E-state index contributed by atoms with van der Waals surface area (Å²) < 4.78 is 40.0. The largest absolute Gasteiger partial charge is 0.352 e. The predicted molar refractivity (Wildman–Crippen MR) is 144 cm³/mol. The molecule has 1 N–H and O–H groups in total. The van der Waals surface area contributed by atoms with Gasteiger partial charge in [-0.1, -0.05) is 61.2 Å². The highest BCUT2D eigenvalue weighted by Gasteiger charge is 2.29. The number of halogens is 2. The van der Waals surface area contributed by atoms with Crippen LogP contribution in [0.2, 0.25) is 5.02 Å². The summed E-state index contributed by atoms with van der Waals surface area (Å²) in [4.78, 5) is 28.0. The van der Waals surface area contributed by atoms with Gasteiger partial charge >= 0.3 is 0 Å². The molecule has 3 rings (SSSR count). The number of hydrogen-bond acceptors (Lipinski definition) is 4. The number of nitrogens with one attached hydrogen (secondary N) is 1. The Morgan fingerprint density at radius 3 is 2.38 bits per heavy atom. The van der Waals surface area contributed by atoms with Crippen LogP contribution in [0.15, 0.2) is 48.5 Å². The van der Waals surface area contributed by atoms with Gasteiger partial charge in [0.15, 0.2) is 0 Å². The molecule has 10 heteroatoms. The summed E-state index contributed by atoms with van der Waals surface area (Å²) in [6, 6.07) is 12.1. The van der Waals surface area contributed by atoms with Gasteiger partial charge in [0.2, 0.25) is 21.8 Å². The van der Waals surface area contributed by atoms with Crippen LogP contribution < -0.4 is 9.62 Å². The van der Waals surface area contributed by atoms with Crippen LogP contribution in [0, 0.1) is 5.82 Å². The van der Waals surface area contributed by atoms with Gasteiger partial charge in [-0.2, -0.15) is 0 Å². The Balaban J connectivity index is 1.73. The van der Waals surface area contributed by atoms with Gasteiger partial charge in [0.05, 0.1) is 11.9 Å². The maximum atomic E-state index is 14.3. The van der Waals surface area contributed by atoms with Gasteiger partial charge in [-0.3, -0.25) is 13.9 Å². The van der Waals surface area contributed by atoms with Gasteiger partial charge in [-0.05, 0) is 49.9 Å². The van der Waals surface area contributed by atoms with Crippen LogP contribution in [-0.2, 0) is 26.2 Å². The van der Waals surface area contributed by atoms with E-state index in [0.717, 1.165) is 42.7 Å². The highest BCUT2D eigenvalue weighted by atomic mass is 35.5. The molecule has 1 atom stereocenters. The Bertz CT molecular complexity index is 1190. The maximum absolute atomic E-state index is 14.3. The van der Waals surface area contributed by atoms with Gasteiger partial charge in [0, 0.05) is 30.6 Å². The number of carbonyl (C=O) groups excluding carboxylic acids is 2. The molecule has 0 radical (unpaired) electrons. The second kappa shape index (κ2) is 13.2. The zero-order chi connectivity index (χ0) is 27.0. The molecular formula is C27H35ClFN3O4S. The predicted octanol–water partition coefficient (Wildman–Crippen LogP) is 4.89. The van der Waals surface area contributed by atoms with E-state index >= 15 is 0 Å². The van der Waals surface area contributed by atoms with Crippen molar-refractivity contribution in [2.75, 3.05) is 17.1 Å². The smallest absolute Gasteiger partial charge is 0.242 e. The van der Waals surface area contributed by atoms with Gasteiger partial charge in [-0.15, -0.1) is 0 Å². The van der Waals surface area contributed by atoms with Crippen LogP contribution in [-0.4, -0.2) is 50.0 Å². The molecule has 0 bridgehead atoms. The minimum absolute atomic E-state index is 0.0219. The summed E-state index contributed by atoms with van der Waals surface area (Å²) in [5.41, 5.74) is 0.643. The van der Waals surface area contributed by atoms with E-state index in [4.69, 9.17) is 11.6 Å². The summed E-state index contributed by atoms with van der Waals surface area (Å²) >= 11 is 6.34. The van der Waals surface area contributed by atoms with Crippen LogP contribution in [0.5, 0.6) is 0 Å². The third-order valence-electron chi connectivity index (χ3n) is 6.69. The zero-order valence-corrected chi connectivity index (χ0v) is 22.9. The number of nitrogens with zero attached hydrogens (tertiary/aromatic N) is 2. The van der Waals surface area contributed by atoms with E-state index in [1.807, 2.05) is 6.07 Å². The highest BCUT2D eigenvalue weighted by molar-refractivity contribution is 7.92. The molecule has 1 saturated carbocycles. The second-order valence-electron chi connectivity index (χ2n) is 9.52. The molecule has 37 heavy (non-hydrogen) atoms. The zero-order valence-electron chi connectivity index (χ0n) is 21.3. The van der Waals surface area contributed by atoms with Crippen molar-refractivity contribution in [3.8, 4) is 0 Å². The SMILES string of the molecule is C[C@H](C(=O)NC1CCCCC1)N(Cc1ccccc1Cl)C(=O)CCCN(c1ccccc1F)S(C)(=O)=O. The summed E-state index contributed by atoms with van der Waals surface area (Å²) in [6.07, 6.45) is 6.28. The molecule has 0 aromatic heterocycles. The Morgan fingerprint density at radius 1 is 1.08 bits per heavy atom. The van der Waals surface area contributed by atoms with Crippen molar-refractivity contribution >= 4 is 39.1 Å². The quantitative estimate of drug-likeness (QED) is 0.431. The fourth-order valence-corrected chi connectivity index (χ4v) is 5.76. The molecule has 0 aliphatic heterocycles. The highest BCUT2D eigenvalue weighted by Crippen LogP contribution is 2.24. The van der Waals surface area contributed by atoms with Crippen LogP contribution in [0.4, 0.5) is 10.1 Å². The lowest BCUT2D eigenvalue weighted by molar-refractivity contribution is -0.141. The first-order valence-corrected chi connectivity index (χ1v) is 14.9. The fourth-order valence-electron chi connectivity index (χ4n) is 4.60. The van der Waals surface area contributed by atoms with E-state index in [0.29, 0.717) is 10.6 Å². The van der Waals surface area contributed by atoms with Crippen molar-refractivity contribution < 1.29 is 22.4 Å². The third kappa shape index (κ3) is 8.17. The Morgan fingerprint density at radius 2 is 1.73 bits per heavy atom. The topological polar surface area (TPSA) is 86.8 Å². The first-order valence-electron chi connectivity index (χ1n) is 12.6. The number of rotatable bonds is 11. The monoisotopic (exact) mass is 551 g/mol. The normalized spacial score (nSPS) is 15.1. The van der Waals surface area contributed by atoms with Crippen LogP contribution in [0.1, 0.15) is 57.4 Å². The Hall–Kier alpha value is -2.65. The molecule has 1 fully saturated rings. The molecule has 0 unspecified atom stereocenters. The number of benzene rings is 2. The number of sulfonamides is 1. The Labute approximate surface area is 224 Å². The lowest BCUT2D eigenvalue weighted by Crippen LogP contribution is -2.50. The average molecular weight is 552 g/mol. The van der Waals surface area contributed by atoms with Crippen LogP contribution in [0.25, 0.3) is 0 Å². The van der Waals surface area contributed by atoms with Crippen LogP contribution >= 0.6 is 11.6 Å². The second-order valence-corrected chi connectivity index (χ2v) is 11.8. The third-order valence-corrected chi connectivity index (χ3v) is 8.24. The Kier molecular flexibility index (Phi) is 10.3. The molecule has 7 nitrogen and oxygen atoms in total. The van der Waals surface area contributed by atoms with Gasteiger partial charge in [-0.25, -0.2) is 12.8 Å². The molecule has 0 heterocycles. The summed E-state index contributed by atoms with van der Waals surface area (Å²) in [6.45, 7) is 1.75. The van der Waals surface area contributed by atoms with E-state index < -0.39 is 21.9 Å². The molecule has 1 aliphatic rings. The van der Waals surface area contributed by atoms with Crippen molar-refractivity contribution in [1.29, 1.82) is 0 Å². The molecule has 2 aromatic rings. The molecule has 0 spiro atoms. The summed E-state index contributed by atoms with van der Waals surface area (Å²) in [5, 5.41) is 3.57. The lowest BCUT2D eigenvalue weighted by Gasteiger charge is -2.31. The van der Waals surface area contributed by atoms with E-state index in [2.05, 4.69) is 5.32 Å². The standard InChI is InChI=1S/C27H35ClFN3O4S/c1-20(27(34)30-22-12-4-3-5-13-22)31(19-21-11-6-7-14-23(21)28)26(33)17-10-18-32(37(2,35)36)25-16-9-8-15-24(25)29/h6-9,11,14-16,20,22H,3-5,10,12-13,17-19H2,1-2H3,(H,30,34)/t20-/m1/s1. The summed E-state index contributed by atoms with van der Waals surface area (Å²) in [7, 11) is -3.77. The van der Waals surface area contributed by atoms with Crippen molar-refractivity contribution in [3.63, 3.8) is 0 Å². The van der Waals surface area contributed by atoms with Crippen molar-refractivity contribution in [1.82, 2.24) is 10.2 Å². The molecule has 0 saturated heterocycles. The van der Waals surface area contributed by atoms with E-state index in [-0.39, 0.29) is 49.5 Å². The molecular weight excluding hydrogens is 517 g/mol. The fraction of sp³-hybridized carbons (Fsp3) is 0.481. The molecule has 202 valence electrons. The number of carbonyl (C=O) groups is 2. The first kappa shape index (κ1) is 28.9. The van der Waals surface area contributed by atoms with Crippen molar-refractivity contribution in [3.05, 3.63) is 64.9 Å². The molecule has 1 aliphatic carbocycles. The summed E-state index contributed by atoms with van der Waals surface area (Å²) in [5.74, 6) is -1.20. The molecule has 2 aromatic carbocycles. The van der Waals surface area contributed by atoms with Crippen molar-refractivity contribution in [2.45, 2.75) is 70.5 Å². The van der Waals surface area contributed by atoms with Crippen LogP contribution in [0.3, 0.4) is 0 Å². The minimum Gasteiger partial charge on any atom is -0.352 e. The number of hydrogen-bond donors (Lipinski definition) is 1. The van der Waals surface area contributed by atoms with Gasteiger partial charge in [0.25, 0.3) is 0 Å². The van der Waals surface area contributed by atoms with Gasteiger partial charge < -0.3 is 10.2 Å². The number of amides is 2. The number of para-hydroxylation sites is 1. The van der Waals surface area contributed by atoms with E-state index in [1.54, 1.807) is 31.2 Å². The minimum atomic E-state index is -3.77. The van der Waals surface area contributed by atoms with Crippen molar-refractivity contribution in [2.24, 2.45) is 0 Å². The van der Waals surface area contributed by atoms with E-state index in [9.17, 15) is 22.4 Å². The molecule has 2 amide bonds. The maximum Gasteiger partial charge on any atom is 0.242 e. The lowest BCUT2D eigenvalue weighted by atomic mass is 9.95. The number of anilines is 1.